The quantitative estimate of drug-likeness (QED) is 0.639. The van der Waals surface area contributed by atoms with Crippen molar-refractivity contribution in [2.24, 2.45) is 7.05 Å². The Hall–Kier alpha value is -3.22. The van der Waals surface area contributed by atoms with Crippen LogP contribution in [0, 0.1) is 28.4 Å². The molecule has 0 radical (unpaired) electrons. The molecule has 0 fully saturated rings. The Morgan fingerprint density at radius 1 is 1.50 bits per heavy atom. The number of nitrogens with zero attached hydrogens (tertiary/aromatic N) is 6. The lowest BCUT2D eigenvalue weighted by atomic mass is 10.3. The summed E-state index contributed by atoms with van der Waals surface area (Å²) in [5.41, 5.74) is 0.566. The minimum Gasteiger partial charge on any atom is -0.310 e. The van der Waals surface area contributed by atoms with Gasteiger partial charge in [-0.1, -0.05) is 0 Å². The number of hydrogen-bond acceptors (Lipinski definition) is 6. The third-order valence-corrected chi connectivity index (χ3v) is 3.14. The molecule has 10 nitrogen and oxygen atoms in total. The third-order valence-electron chi connectivity index (χ3n) is 3.14. The van der Waals surface area contributed by atoms with E-state index < -0.39 is 4.92 Å². The van der Waals surface area contributed by atoms with Gasteiger partial charge in [-0.05, 0) is 6.92 Å². The maximum absolute atomic E-state index is 11.9. The molecule has 114 valence electrons. The number of nitrogens with one attached hydrogen (secondary N) is 1. The molecular weight excluding hydrogens is 290 g/mol. The van der Waals surface area contributed by atoms with Gasteiger partial charge in [-0.2, -0.15) is 15.5 Å². The van der Waals surface area contributed by atoms with Crippen molar-refractivity contribution < 1.29 is 9.72 Å². The molecule has 0 unspecified atom stereocenters. The first-order chi connectivity index (χ1) is 10.4. The van der Waals surface area contributed by atoms with Crippen LogP contribution < -0.4 is 5.32 Å². The van der Waals surface area contributed by atoms with Crippen LogP contribution in [0.2, 0.25) is 0 Å². The summed E-state index contributed by atoms with van der Waals surface area (Å²) in [5.74, 6) is -0.0201. The molecule has 0 bridgehead atoms. The van der Waals surface area contributed by atoms with Crippen LogP contribution >= 0.6 is 0 Å². The van der Waals surface area contributed by atoms with Crippen molar-refractivity contribution in [2.75, 3.05) is 5.32 Å². The van der Waals surface area contributed by atoms with Gasteiger partial charge < -0.3 is 5.32 Å². The molecule has 0 aliphatic heterocycles. The topological polar surface area (TPSA) is 132 Å². The number of aromatic nitrogens is 4. The molecule has 2 aromatic rings. The van der Waals surface area contributed by atoms with Crippen molar-refractivity contribution in [1.29, 1.82) is 5.26 Å². The minimum atomic E-state index is -0.520. The fraction of sp³-hybridized carbons (Fsp3) is 0.333. The number of carbonyl (C=O) groups is 1. The molecule has 22 heavy (non-hydrogen) atoms. The molecule has 0 saturated heterocycles. The van der Waals surface area contributed by atoms with Gasteiger partial charge >= 0.3 is 5.69 Å². The Morgan fingerprint density at radius 3 is 2.82 bits per heavy atom. The lowest BCUT2D eigenvalue weighted by Gasteiger charge is -2.07. The van der Waals surface area contributed by atoms with Crippen molar-refractivity contribution in [3.8, 4) is 6.07 Å². The lowest BCUT2D eigenvalue weighted by molar-refractivity contribution is -0.385. The smallest absolute Gasteiger partial charge is 0.309 e. The zero-order chi connectivity index (χ0) is 16.3. The lowest BCUT2D eigenvalue weighted by Crippen LogP contribution is -2.18. The Balaban J connectivity index is 2.00. The summed E-state index contributed by atoms with van der Waals surface area (Å²) in [7, 11) is 1.61. The molecule has 0 aliphatic carbocycles. The van der Waals surface area contributed by atoms with Gasteiger partial charge in [-0.15, -0.1) is 0 Å². The van der Waals surface area contributed by atoms with E-state index in [4.69, 9.17) is 5.26 Å². The second-order valence-electron chi connectivity index (χ2n) is 4.54. The van der Waals surface area contributed by atoms with Gasteiger partial charge in [0.2, 0.25) is 5.91 Å². The van der Waals surface area contributed by atoms with Crippen LogP contribution in [0.4, 0.5) is 11.5 Å². The molecule has 1 N–H and O–H groups in total. The van der Waals surface area contributed by atoms with Gasteiger partial charge in [-0.25, -0.2) is 0 Å². The van der Waals surface area contributed by atoms with E-state index in [0.29, 0.717) is 11.5 Å². The molecule has 2 heterocycles. The second kappa shape index (κ2) is 6.04. The fourth-order valence-corrected chi connectivity index (χ4v) is 1.91. The normalized spacial score (nSPS) is 10.2. The highest BCUT2D eigenvalue weighted by Crippen LogP contribution is 2.17. The molecule has 10 heteroatoms. The number of amides is 1. The highest BCUT2D eigenvalue weighted by Gasteiger charge is 2.17. The molecule has 2 aromatic heterocycles. The molecule has 2 rings (SSSR count). The molecule has 0 spiro atoms. The van der Waals surface area contributed by atoms with Crippen LogP contribution in [0.1, 0.15) is 17.7 Å². The van der Waals surface area contributed by atoms with Crippen molar-refractivity contribution in [1.82, 2.24) is 19.6 Å². The Labute approximate surface area is 125 Å². The summed E-state index contributed by atoms with van der Waals surface area (Å²) >= 11 is 0. The Morgan fingerprint density at radius 2 is 2.23 bits per heavy atom. The van der Waals surface area contributed by atoms with E-state index in [0.717, 1.165) is 6.20 Å². The second-order valence-corrected chi connectivity index (χ2v) is 4.54. The minimum absolute atomic E-state index is 0.0652. The highest BCUT2D eigenvalue weighted by molar-refractivity contribution is 5.91. The highest BCUT2D eigenvalue weighted by atomic mass is 16.6. The van der Waals surface area contributed by atoms with Crippen LogP contribution in [0.25, 0.3) is 0 Å². The number of nitriles is 1. The summed E-state index contributed by atoms with van der Waals surface area (Å²) in [4.78, 5) is 22.1. The zero-order valence-electron chi connectivity index (χ0n) is 12.0. The van der Waals surface area contributed by atoms with E-state index in [1.54, 1.807) is 14.0 Å². The number of aryl methyl sites for hydroxylation is 2. The fourth-order valence-electron chi connectivity index (χ4n) is 1.91. The SMILES string of the molecule is Cc1c([N+](=O)[O-])cnn1CCC(=O)Nc1c(C#N)cnn1C. The molecule has 0 atom stereocenters. The van der Waals surface area contributed by atoms with E-state index in [1.807, 2.05) is 6.07 Å². The van der Waals surface area contributed by atoms with Gasteiger partial charge in [0.25, 0.3) is 0 Å². The Kier molecular flexibility index (Phi) is 4.17. The average Bonchev–Trinajstić information content (AvgIpc) is 3.01. The number of hydrogen-bond donors (Lipinski definition) is 1. The van der Waals surface area contributed by atoms with Crippen LogP contribution in [-0.4, -0.2) is 30.4 Å². The number of nitro groups is 1. The maximum Gasteiger partial charge on any atom is 0.309 e. The monoisotopic (exact) mass is 303 g/mol. The first-order valence-corrected chi connectivity index (χ1v) is 6.32. The van der Waals surface area contributed by atoms with Gasteiger partial charge in [0, 0.05) is 13.5 Å². The number of carbonyl (C=O) groups excluding carboxylic acids is 1. The standard InChI is InChI=1S/C12H13N7O3/c1-8-10(19(21)22)7-15-18(8)4-3-11(20)16-12-9(5-13)6-14-17(12)2/h6-7H,3-4H2,1-2H3,(H,16,20). The van der Waals surface area contributed by atoms with E-state index in [1.165, 1.54) is 15.6 Å². The predicted molar refractivity (Wildman–Crippen MR) is 74.8 cm³/mol. The van der Waals surface area contributed by atoms with Crippen LogP contribution in [0.5, 0.6) is 0 Å². The molecule has 0 saturated carbocycles. The van der Waals surface area contributed by atoms with E-state index in [-0.39, 0.29) is 30.1 Å². The zero-order valence-corrected chi connectivity index (χ0v) is 12.0. The van der Waals surface area contributed by atoms with Gasteiger partial charge in [0.1, 0.15) is 29.3 Å². The van der Waals surface area contributed by atoms with Gasteiger partial charge in [-0.3, -0.25) is 24.3 Å². The van der Waals surface area contributed by atoms with Crippen LogP contribution in [0.15, 0.2) is 12.4 Å². The number of rotatable bonds is 5. The van der Waals surface area contributed by atoms with Crippen molar-refractivity contribution in [2.45, 2.75) is 19.9 Å². The van der Waals surface area contributed by atoms with Crippen LogP contribution in [-0.2, 0) is 18.4 Å². The van der Waals surface area contributed by atoms with Gasteiger partial charge in [0.15, 0.2) is 0 Å². The summed E-state index contributed by atoms with van der Waals surface area (Å²) < 4.78 is 2.78. The maximum atomic E-state index is 11.9. The average molecular weight is 303 g/mol. The van der Waals surface area contributed by atoms with E-state index in [2.05, 4.69) is 15.5 Å². The summed E-state index contributed by atoms with van der Waals surface area (Å²) in [6.07, 6.45) is 2.58. The van der Waals surface area contributed by atoms with E-state index in [9.17, 15) is 14.9 Å². The molecular formula is C12H13N7O3. The summed E-state index contributed by atoms with van der Waals surface area (Å²) in [6.45, 7) is 1.77. The predicted octanol–water partition coefficient (Wildman–Crippen LogP) is 0.734. The van der Waals surface area contributed by atoms with Crippen molar-refractivity contribution in [3.63, 3.8) is 0 Å². The van der Waals surface area contributed by atoms with E-state index >= 15 is 0 Å². The summed E-state index contributed by atoms with van der Waals surface area (Å²) in [6, 6.07) is 1.93. The largest absolute Gasteiger partial charge is 0.310 e. The van der Waals surface area contributed by atoms with Crippen molar-refractivity contribution >= 4 is 17.4 Å². The molecule has 1 amide bonds. The molecule has 0 aromatic carbocycles. The first kappa shape index (κ1) is 15.2. The van der Waals surface area contributed by atoms with Crippen molar-refractivity contribution in [3.05, 3.63) is 33.8 Å². The molecule has 0 aliphatic rings. The Bertz CT molecular complexity index is 768. The number of anilines is 1. The first-order valence-electron chi connectivity index (χ1n) is 6.32. The van der Waals surface area contributed by atoms with Crippen LogP contribution in [0.3, 0.4) is 0 Å². The third kappa shape index (κ3) is 2.93. The van der Waals surface area contributed by atoms with Gasteiger partial charge in [0.05, 0.1) is 17.7 Å². The summed E-state index contributed by atoms with van der Waals surface area (Å²) in [5, 5.41) is 30.0.